The van der Waals surface area contributed by atoms with Gasteiger partial charge in [-0.1, -0.05) is 13.0 Å². The second-order valence-corrected chi connectivity index (χ2v) is 6.22. The van der Waals surface area contributed by atoms with Gasteiger partial charge < -0.3 is 5.32 Å². The number of hydrogen-bond donors (Lipinski definition) is 1. The van der Waals surface area contributed by atoms with E-state index in [1.54, 1.807) is 12.1 Å². The van der Waals surface area contributed by atoms with Crippen molar-refractivity contribution < 1.29 is 10.2 Å². The second kappa shape index (κ2) is 4.60. The van der Waals surface area contributed by atoms with Gasteiger partial charge in [0.25, 0.3) is 5.69 Å². The van der Waals surface area contributed by atoms with E-state index in [4.69, 9.17) is 0 Å². The quantitative estimate of drug-likeness (QED) is 0.623. The van der Waals surface area contributed by atoms with Gasteiger partial charge >= 0.3 is 0 Å². The lowest BCUT2D eigenvalue weighted by Gasteiger charge is -2.26. The number of rotatable bonds is 1. The van der Waals surface area contributed by atoms with Gasteiger partial charge in [0.15, 0.2) is 0 Å². The van der Waals surface area contributed by atoms with Gasteiger partial charge in [-0.15, -0.1) is 0 Å². The number of nitrogens with two attached hydrogens (primary N) is 1. The van der Waals surface area contributed by atoms with Crippen LogP contribution in [0.2, 0.25) is 0 Å². The smallest absolute Gasteiger partial charge is 0.269 e. The number of nitrogens with zero attached hydrogens (tertiary/aromatic N) is 1. The van der Waals surface area contributed by atoms with Crippen LogP contribution in [-0.4, -0.2) is 10.5 Å². The van der Waals surface area contributed by atoms with Gasteiger partial charge in [-0.05, 0) is 24.3 Å². The summed E-state index contributed by atoms with van der Waals surface area (Å²) >= 11 is 0. The third-order valence-corrected chi connectivity index (χ3v) is 4.94. The molecule has 19 heavy (non-hydrogen) atoms. The monoisotopic (exact) mass is 261 g/mol. The van der Waals surface area contributed by atoms with Gasteiger partial charge in [-0.3, -0.25) is 10.1 Å². The Kier molecular flexibility index (Phi) is 3.05. The fraction of sp³-hybridized carbons (Fsp3) is 0.600. The van der Waals surface area contributed by atoms with Crippen molar-refractivity contribution in [2.75, 3.05) is 0 Å². The zero-order valence-electron chi connectivity index (χ0n) is 11.4. The average Bonchev–Trinajstić information content (AvgIpc) is 2.79. The van der Waals surface area contributed by atoms with E-state index in [1.807, 2.05) is 6.07 Å². The van der Waals surface area contributed by atoms with Crippen molar-refractivity contribution in [3.8, 4) is 0 Å². The largest absolute Gasteiger partial charge is 0.338 e. The number of fused-ring (bicyclic) bond motifs is 1. The Hall–Kier alpha value is -1.42. The van der Waals surface area contributed by atoms with Crippen LogP contribution in [0.3, 0.4) is 0 Å². The average molecular weight is 261 g/mol. The van der Waals surface area contributed by atoms with E-state index in [2.05, 4.69) is 12.2 Å². The van der Waals surface area contributed by atoms with Gasteiger partial charge in [-0.25, -0.2) is 0 Å². The van der Waals surface area contributed by atoms with Crippen LogP contribution >= 0.6 is 0 Å². The number of non-ortho nitro benzene ring substituents is 1. The number of nitro benzene ring substituents is 1. The standard InChI is InChI=1S/C15H20N2O2/c1-11-9-15(6-2-3-7-15)16-10-12-8-13(17(18)19)4-5-14(11)12/h4-5,8,11,16H,2-3,6-7,9-10H2,1H3/p+1/t11-/m0/s1. The van der Waals surface area contributed by atoms with E-state index in [-0.39, 0.29) is 10.6 Å². The minimum absolute atomic E-state index is 0.224. The molecule has 4 heteroatoms. The summed E-state index contributed by atoms with van der Waals surface area (Å²) in [6.45, 7) is 3.16. The van der Waals surface area contributed by atoms with Crippen LogP contribution in [0.25, 0.3) is 0 Å². The van der Waals surface area contributed by atoms with Gasteiger partial charge in [0, 0.05) is 37.0 Å². The van der Waals surface area contributed by atoms with Gasteiger partial charge in [0.2, 0.25) is 0 Å². The van der Waals surface area contributed by atoms with E-state index in [9.17, 15) is 10.1 Å². The highest BCUT2D eigenvalue weighted by molar-refractivity contribution is 5.41. The van der Waals surface area contributed by atoms with Crippen molar-refractivity contribution in [3.63, 3.8) is 0 Å². The zero-order chi connectivity index (χ0) is 13.5. The highest BCUT2D eigenvalue weighted by Crippen LogP contribution is 2.38. The molecule has 0 aromatic heterocycles. The molecule has 0 bridgehead atoms. The molecule has 102 valence electrons. The third-order valence-electron chi connectivity index (χ3n) is 4.94. The Morgan fingerprint density at radius 3 is 2.79 bits per heavy atom. The van der Waals surface area contributed by atoms with E-state index in [0.29, 0.717) is 11.5 Å². The van der Waals surface area contributed by atoms with Crippen molar-refractivity contribution in [1.29, 1.82) is 0 Å². The third kappa shape index (κ3) is 2.25. The summed E-state index contributed by atoms with van der Waals surface area (Å²) in [4.78, 5) is 10.6. The molecule has 1 aliphatic heterocycles. The first-order valence-corrected chi connectivity index (χ1v) is 7.21. The fourth-order valence-electron chi connectivity index (χ4n) is 3.98. The van der Waals surface area contributed by atoms with E-state index >= 15 is 0 Å². The molecule has 0 amide bonds. The summed E-state index contributed by atoms with van der Waals surface area (Å²) in [5.41, 5.74) is 3.09. The molecule has 1 saturated carbocycles. The van der Waals surface area contributed by atoms with Gasteiger partial charge in [0.1, 0.15) is 6.54 Å². The molecule has 3 rings (SSSR count). The Morgan fingerprint density at radius 2 is 2.11 bits per heavy atom. The lowest BCUT2D eigenvalue weighted by Crippen LogP contribution is -2.94. The molecule has 0 radical (unpaired) electrons. The molecule has 1 spiro atoms. The van der Waals surface area contributed by atoms with Crippen molar-refractivity contribution in [2.24, 2.45) is 0 Å². The predicted octanol–water partition coefficient (Wildman–Crippen LogP) is 2.48. The van der Waals surface area contributed by atoms with Crippen molar-refractivity contribution in [2.45, 2.75) is 57.0 Å². The summed E-state index contributed by atoms with van der Waals surface area (Å²) in [6.07, 6.45) is 6.47. The SMILES string of the molecule is C[C@H]1CC2(CCCC2)[NH2+]Cc2cc([N+](=O)[O-])ccc21. The van der Waals surface area contributed by atoms with E-state index in [1.165, 1.54) is 37.7 Å². The van der Waals surface area contributed by atoms with Crippen LogP contribution in [0, 0.1) is 10.1 Å². The normalized spacial score (nSPS) is 25.0. The fourth-order valence-corrected chi connectivity index (χ4v) is 3.98. The summed E-state index contributed by atoms with van der Waals surface area (Å²) < 4.78 is 0. The van der Waals surface area contributed by atoms with Crippen molar-refractivity contribution >= 4 is 5.69 Å². The molecular formula is C15H21N2O2+. The Labute approximate surface area is 113 Å². The summed E-state index contributed by atoms with van der Waals surface area (Å²) in [7, 11) is 0. The lowest BCUT2D eigenvalue weighted by atomic mass is 9.84. The number of hydrogen-bond acceptors (Lipinski definition) is 2. The van der Waals surface area contributed by atoms with Crippen LogP contribution in [0.15, 0.2) is 18.2 Å². The van der Waals surface area contributed by atoms with Gasteiger partial charge in [0.05, 0.1) is 10.5 Å². The van der Waals surface area contributed by atoms with Crippen molar-refractivity contribution in [1.82, 2.24) is 0 Å². The topological polar surface area (TPSA) is 59.8 Å². The molecular weight excluding hydrogens is 240 g/mol. The van der Waals surface area contributed by atoms with E-state index in [0.717, 1.165) is 12.1 Å². The summed E-state index contributed by atoms with van der Waals surface area (Å²) in [5, 5.41) is 13.3. The van der Waals surface area contributed by atoms with Gasteiger partial charge in [-0.2, -0.15) is 0 Å². The molecule has 4 nitrogen and oxygen atoms in total. The van der Waals surface area contributed by atoms with Crippen LogP contribution in [0.4, 0.5) is 5.69 Å². The first-order valence-electron chi connectivity index (χ1n) is 7.21. The molecule has 1 aromatic carbocycles. The molecule has 1 aliphatic carbocycles. The predicted molar refractivity (Wildman–Crippen MR) is 73.0 cm³/mol. The zero-order valence-corrected chi connectivity index (χ0v) is 11.4. The number of quaternary nitrogens is 1. The highest BCUT2D eigenvalue weighted by atomic mass is 16.6. The lowest BCUT2D eigenvalue weighted by molar-refractivity contribution is -0.740. The molecule has 1 fully saturated rings. The molecule has 2 aliphatic rings. The number of nitro groups is 1. The highest BCUT2D eigenvalue weighted by Gasteiger charge is 2.41. The van der Waals surface area contributed by atoms with E-state index < -0.39 is 0 Å². The maximum absolute atomic E-state index is 10.9. The first-order chi connectivity index (χ1) is 9.10. The molecule has 0 unspecified atom stereocenters. The maximum Gasteiger partial charge on any atom is 0.269 e. The maximum atomic E-state index is 10.9. The van der Waals surface area contributed by atoms with Crippen LogP contribution in [0.5, 0.6) is 0 Å². The first kappa shape index (κ1) is 12.6. The summed E-state index contributed by atoms with van der Waals surface area (Å²) in [6, 6.07) is 5.40. The minimum atomic E-state index is -0.291. The molecule has 0 saturated heterocycles. The van der Waals surface area contributed by atoms with Crippen LogP contribution in [-0.2, 0) is 6.54 Å². The van der Waals surface area contributed by atoms with Crippen molar-refractivity contribution in [3.05, 3.63) is 39.4 Å². The molecule has 2 N–H and O–H groups in total. The Balaban J connectivity index is 1.94. The number of benzene rings is 1. The second-order valence-electron chi connectivity index (χ2n) is 6.22. The molecule has 1 heterocycles. The molecule has 1 aromatic rings. The molecule has 1 atom stereocenters. The Bertz CT molecular complexity index is 507. The van der Waals surface area contributed by atoms with Crippen LogP contribution in [0.1, 0.15) is 56.1 Å². The summed E-state index contributed by atoms with van der Waals surface area (Å²) in [5.74, 6) is 0.507. The minimum Gasteiger partial charge on any atom is -0.338 e. The Morgan fingerprint density at radius 1 is 1.37 bits per heavy atom. The van der Waals surface area contributed by atoms with Crippen LogP contribution < -0.4 is 5.32 Å².